The second kappa shape index (κ2) is 4.70. The van der Waals surface area contributed by atoms with Crippen LogP contribution in [0.1, 0.15) is 38.5 Å². The van der Waals surface area contributed by atoms with Crippen molar-refractivity contribution in [3.63, 3.8) is 0 Å². The molecule has 0 aromatic rings. The second-order valence-electron chi connectivity index (χ2n) is 3.45. The SMILES string of the molecule is O=C(O)C1CCCCCCC1Cl. The Kier molecular flexibility index (Phi) is 3.86. The van der Waals surface area contributed by atoms with E-state index in [9.17, 15) is 4.79 Å². The molecule has 0 heterocycles. The molecular weight excluding hydrogens is 176 g/mol. The van der Waals surface area contributed by atoms with Crippen LogP contribution >= 0.6 is 11.6 Å². The van der Waals surface area contributed by atoms with Gasteiger partial charge in [0.05, 0.1) is 5.92 Å². The summed E-state index contributed by atoms with van der Waals surface area (Å²) in [5.41, 5.74) is 0. The van der Waals surface area contributed by atoms with E-state index in [2.05, 4.69) is 0 Å². The molecule has 2 nitrogen and oxygen atoms in total. The molecular formula is C9H15ClO2. The first kappa shape index (κ1) is 9.85. The van der Waals surface area contributed by atoms with E-state index < -0.39 is 5.97 Å². The van der Waals surface area contributed by atoms with Crippen LogP contribution < -0.4 is 0 Å². The summed E-state index contributed by atoms with van der Waals surface area (Å²) in [5, 5.41) is 8.69. The molecule has 70 valence electrons. The van der Waals surface area contributed by atoms with Crippen molar-refractivity contribution in [1.29, 1.82) is 0 Å². The van der Waals surface area contributed by atoms with Gasteiger partial charge in [-0.2, -0.15) is 0 Å². The average molecular weight is 191 g/mol. The van der Waals surface area contributed by atoms with Gasteiger partial charge in [0.25, 0.3) is 0 Å². The van der Waals surface area contributed by atoms with Crippen molar-refractivity contribution in [3.05, 3.63) is 0 Å². The van der Waals surface area contributed by atoms with Crippen LogP contribution in [0.2, 0.25) is 0 Å². The number of carboxylic acid groups (broad SMARTS) is 1. The molecule has 1 saturated carbocycles. The summed E-state index contributed by atoms with van der Waals surface area (Å²) in [7, 11) is 0. The van der Waals surface area contributed by atoms with E-state index in [0.717, 1.165) is 32.1 Å². The standard InChI is InChI=1S/C9H15ClO2/c10-8-6-4-2-1-3-5-7(8)9(11)12/h7-8H,1-6H2,(H,11,12). The first-order valence-electron chi connectivity index (χ1n) is 4.58. The lowest BCUT2D eigenvalue weighted by molar-refractivity contribution is -0.142. The molecule has 1 fully saturated rings. The molecule has 0 saturated heterocycles. The van der Waals surface area contributed by atoms with Crippen molar-refractivity contribution < 1.29 is 9.90 Å². The Hall–Kier alpha value is -0.240. The number of hydrogen-bond donors (Lipinski definition) is 1. The zero-order valence-electron chi connectivity index (χ0n) is 7.13. The van der Waals surface area contributed by atoms with E-state index in [4.69, 9.17) is 16.7 Å². The van der Waals surface area contributed by atoms with Gasteiger partial charge in [0.1, 0.15) is 0 Å². The lowest BCUT2D eigenvalue weighted by Gasteiger charge is -2.20. The molecule has 2 unspecified atom stereocenters. The summed E-state index contributed by atoms with van der Waals surface area (Å²) in [5.74, 6) is -1.04. The molecule has 0 aliphatic heterocycles. The fraction of sp³-hybridized carbons (Fsp3) is 0.889. The molecule has 12 heavy (non-hydrogen) atoms. The number of rotatable bonds is 1. The van der Waals surface area contributed by atoms with Crippen LogP contribution in [0.5, 0.6) is 0 Å². The van der Waals surface area contributed by atoms with Crippen molar-refractivity contribution in [2.75, 3.05) is 0 Å². The minimum absolute atomic E-state index is 0.150. The smallest absolute Gasteiger partial charge is 0.307 e. The van der Waals surface area contributed by atoms with Gasteiger partial charge in [0.15, 0.2) is 0 Å². The van der Waals surface area contributed by atoms with E-state index in [1.807, 2.05) is 0 Å². The van der Waals surface area contributed by atoms with Gasteiger partial charge in [-0.15, -0.1) is 11.6 Å². The van der Waals surface area contributed by atoms with E-state index in [1.165, 1.54) is 6.42 Å². The minimum atomic E-state index is -0.725. The predicted octanol–water partition coefficient (Wildman–Crippen LogP) is 2.65. The first-order valence-corrected chi connectivity index (χ1v) is 5.02. The average Bonchev–Trinajstić information content (AvgIpc) is 1.96. The van der Waals surface area contributed by atoms with E-state index >= 15 is 0 Å². The Balaban J connectivity index is 2.48. The highest BCUT2D eigenvalue weighted by molar-refractivity contribution is 6.21. The highest BCUT2D eigenvalue weighted by Crippen LogP contribution is 2.26. The fourth-order valence-corrected chi connectivity index (χ4v) is 2.11. The molecule has 1 rings (SSSR count). The third-order valence-corrected chi connectivity index (χ3v) is 3.02. The molecule has 2 atom stereocenters. The molecule has 0 aromatic heterocycles. The number of aliphatic carboxylic acids is 1. The van der Waals surface area contributed by atoms with Crippen LogP contribution in [-0.2, 0) is 4.79 Å². The van der Waals surface area contributed by atoms with Crippen molar-refractivity contribution in [1.82, 2.24) is 0 Å². The highest BCUT2D eigenvalue weighted by Gasteiger charge is 2.26. The summed E-state index contributed by atoms with van der Waals surface area (Å²) in [4.78, 5) is 10.7. The molecule has 0 aromatic carbocycles. The van der Waals surface area contributed by atoms with Crippen molar-refractivity contribution in [2.24, 2.45) is 5.92 Å². The van der Waals surface area contributed by atoms with Crippen LogP contribution in [0.3, 0.4) is 0 Å². The van der Waals surface area contributed by atoms with Gasteiger partial charge in [0.2, 0.25) is 0 Å². The monoisotopic (exact) mass is 190 g/mol. The Morgan fingerprint density at radius 3 is 2.33 bits per heavy atom. The van der Waals surface area contributed by atoms with Crippen molar-refractivity contribution in [2.45, 2.75) is 43.9 Å². The van der Waals surface area contributed by atoms with Crippen LogP contribution in [-0.4, -0.2) is 16.5 Å². The molecule has 1 N–H and O–H groups in total. The zero-order valence-corrected chi connectivity index (χ0v) is 7.89. The topological polar surface area (TPSA) is 37.3 Å². The van der Waals surface area contributed by atoms with Gasteiger partial charge < -0.3 is 5.11 Å². The van der Waals surface area contributed by atoms with E-state index in [1.54, 1.807) is 0 Å². The maximum absolute atomic E-state index is 10.7. The Morgan fingerprint density at radius 2 is 1.75 bits per heavy atom. The number of halogens is 1. The molecule has 0 radical (unpaired) electrons. The summed E-state index contributed by atoms with van der Waals surface area (Å²) in [6.07, 6.45) is 6.07. The van der Waals surface area contributed by atoms with Gasteiger partial charge in [-0.05, 0) is 12.8 Å². The Bertz CT molecular complexity index is 159. The lowest BCUT2D eigenvalue weighted by Crippen LogP contribution is -2.25. The largest absolute Gasteiger partial charge is 0.481 e. The van der Waals surface area contributed by atoms with E-state index in [-0.39, 0.29) is 11.3 Å². The number of carboxylic acids is 1. The summed E-state index contributed by atoms with van der Waals surface area (Å²) < 4.78 is 0. The summed E-state index contributed by atoms with van der Waals surface area (Å²) in [6.45, 7) is 0. The lowest BCUT2D eigenvalue weighted by atomic mass is 9.91. The van der Waals surface area contributed by atoms with Gasteiger partial charge in [-0.1, -0.05) is 25.7 Å². The Morgan fingerprint density at radius 1 is 1.17 bits per heavy atom. The predicted molar refractivity (Wildman–Crippen MR) is 48.5 cm³/mol. The summed E-state index contributed by atoms with van der Waals surface area (Å²) in [6, 6.07) is 0. The third-order valence-electron chi connectivity index (χ3n) is 2.50. The van der Waals surface area contributed by atoms with Crippen molar-refractivity contribution in [3.8, 4) is 0 Å². The van der Waals surface area contributed by atoms with Gasteiger partial charge in [0, 0.05) is 5.38 Å². The normalized spacial score (nSPS) is 32.1. The number of carbonyl (C=O) groups is 1. The third kappa shape index (κ3) is 2.67. The van der Waals surface area contributed by atoms with E-state index in [0.29, 0.717) is 0 Å². The highest BCUT2D eigenvalue weighted by atomic mass is 35.5. The van der Waals surface area contributed by atoms with Gasteiger partial charge in [-0.3, -0.25) is 4.79 Å². The molecule has 0 spiro atoms. The molecule has 1 aliphatic carbocycles. The second-order valence-corrected chi connectivity index (χ2v) is 4.01. The first-order chi connectivity index (χ1) is 5.72. The minimum Gasteiger partial charge on any atom is -0.481 e. The van der Waals surface area contributed by atoms with Crippen LogP contribution in [0, 0.1) is 5.92 Å². The van der Waals surface area contributed by atoms with Crippen LogP contribution in [0.15, 0.2) is 0 Å². The van der Waals surface area contributed by atoms with Gasteiger partial charge in [-0.25, -0.2) is 0 Å². The van der Waals surface area contributed by atoms with Crippen LogP contribution in [0.25, 0.3) is 0 Å². The fourth-order valence-electron chi connectivity index (χ4n) is 1.72. The van der Waals surface area contributed by atoms with Crippen molar-refractivity contribution >= 4 is 17.6 Å². The maximum Gasteiger partial charge on any atom is 0.307 e. The van der Waals surface area contributed by atoms with Gasteiger partial charge >= 0.3 is 5.97 Å². The molecule has 0 bridgehead atoms. The zero-order chi connectivity index (χ0) is 8.97. The Labute approximate surface area is 77.9 Å². The van der Waals surface area contributed by atoms with Crippen LogP contribution in [0.4, 0.5) is 0 Å². The quantitative estimate of drug-likeness (QED) is 0.646. The number of alkyl halides is 1. The molecule has 0 amide bonds. The number of hydrogen-bond acceptors (Lipinski definition) is 1. The summed E-state index contributed by atoms with van der Waals surface area (Å²) >= 11 is 5.97. The molecule has 1 aliphatic rings. The molecule has 3 heteroatoms. The maximum atomic E-state index is 10.7.